The van der Waals surface area contributed by atoms with Gasteiger partial charge in [-0.2, -0.15) is 0 Å². The van der Waals surface area contributed by atoms with Crippen LogP contribution in [0.5, 0.6) is 0 Å². The number of carbonyl (C=O) groups is 3. The molecular weight excluding hydrogens is 364 g/mol. The molecule has 0 aliphatic carbocycles. The maximum atomic E-state index is 12.1. The monoisotopic (exact) mass is 386 g/mol. The fraction of sp³-hybridized carbons (Fsp3) is 0.375. The Hall–Kier alpha value is -2.65. The van der Waals surface area contributed by atoms with Crippen molar-refractivity contribution >= 4 is 36.0 Å². The number of nitrogens with one attached hydrogen (secondary N) is 3. The van der Waals surface area contributed by atoms with Crippen LogP contribution in [0.1, 0.15) is 29.3 Å². The molecule has 0 bridgehead atoms. The van der Waals surface area contributed by atoms with Gasteiger partial charge in [-0.3, -0.25) is 15.0 Å². The van der Waals surface area contributed by atoms with Crippen LogP contribution in [0.3, 0.4) is 0 Å². The first-order chi connectivity index (χ1) is 11.8. The van der Waals surface area contributed by atoms with Gasteiger partial charge < -0.3 is 26.2 Å². The van der Waals surface area contributed by atoms with Gasteiger partial charge in [0.1, 0.15) is 18.5 Å². The Kier molecular flexibility index (Phi) is 10.6. The summed E-state index contributed by atoms with van der Waals surface area (Å²) in [7, 11) is 0. The van der Waals surface area contributed by atoms with Crippen LogP contribution in [-0.4, -0.2) is 54.5 Å². The van der Waals surface area contributed by atoms with E-state index in [0.29, 0.717) is 24.1 Å². The van der Waals surface area contributed by atoms with Gasteiger partial charge in [0, 0.05) is 24.3 Å². The molecule has 0 aromatic heterocycles. The number of carbonyl (C=O) groups excluding carboxylic acids is 2. The number of rotatable bonds is 10. The maximum absolute atomic E-state index is 12.1. The lowest BCUT2D eigenvalue weighted by atomic mass is 10.1. The van der Waals surface area contributed by atoms with Gasteiger partial charge in [-0.15, -0.1) is 12.4 Å². The fourth-order valence-corrected chi connectivity index (χ4v) is 1.85. The fourth-order valence-electron chi connectivity index (χ4n) is 1.85. The predicted molar refractivity (Wildman–Crippen MR) is 97.7 cm³/mol. The normalized spacial score (nSPS) is 11.0. The highest BCUT2D eigenvalue weighted by atomic mass is 35.5. The number of halogens is 1. The number of hydrogen-bond donors (Lipinski definition) is 5. The second-order valence-electron chi connectivity index (χ2n) is 5.28. The first-order valence-corrected chi connectivity index (χ1v) is 7.64. The molecule has 1 unspecified atom stereocenters. The van der Waals surface area contributed by atoms with Crippen LogP contribution in [0.25, 0.3) is 0 Å². The third kappa shape index (κ3) is 8.45. The van der Waals surface area contributed by atoms with E-state index in [4.69, 9.17) is 21.0 Å². The van der Waals surface area contributed by atoms with Gasteiger partial charge in [-0.1, -0.05) is 12.1 Å². The topological polar surface area (TPSA) is 155 Å². The standard InChI is InChI=1S/C16H22N4O5.ClH/c1-10(15(23)19-7-2-8-25-9-13(21)22)20-16(24)12-5-3-11(4-6-12)14(17)18;/h3-6,10H,2,7-9H2,1H3,(H3,17,18)(H,19,23)(H,20,24)(H,21,22);1H. The summed E-state index contributed by atoms with van der Waals surface area (Å²) in [6.07, 6.45) is 0.464. The summed E-state index contributed by atoms with van der Waals surface area (Å²) < 4.78 is 4.84. The van der Waals surface area contributed by atoms with Crippen LogP contribution < -0.4 is 16.4 Å². The van der Waals surface area contributed by atoms with Crippen molar-refractivity contribution in [3.05, 3.63) is 35.4 Å². The molecule has 0 spiro atoms. The highest BCUT2D eigenvalue weighted by Crippen LogP contribution is 2.04. The molecule has 2 amide bonds. The lowest BCUT2D eigenvalue weighted by Gasteiger charge is -2.14. The van der Waals surface area contributed by atoms with Gasteiger partial charge in [0.25, 0.3) is 5.91 Å². The Balaban J connectivity index is 0.00000625. The van der Waals surface area contributed by atoms with E-state index < -0.39 is 17.9 Å². The third-order valence-corrected chi connectivity index (χ3v) is 3.19. The van der Waals surface area contributed by atoms with E-state index in [1.165, 1.54) is 12.1 Å². The van der Waals surface area contributed by atoms with Gasteiger partial charge >= 0.3 is 5.97 Å². The molecule has 9 nitrogen and oxygen atoms in total. The zero-order valence-electron chi connectivity index (χ0n) is 14.3. The van der Waals surface area contributed by atoms with E-state index >= 15 is 0 Å². The lowest BCUT2D eigenvalue weighted by Crippen LogP contribution is -2.45. The summed E-state index contributed by atoms with van der Waals surface area (Å²) in [5.74, 6) is -1.90. The summed E-state index contributed by atoms with van der Waals surface area (Å²) in [5, 5.41) is 20.9. The SMILES string of the molecule is CC(NC(=O)c1ccc(C(=N)N)cc1)C(=O)NCCCOCC(=O)O.Cl. The number of amidine groups is 1. The third-order valence-electron chi connectivity index (χ3n) is 3.19. The highest BCUT2D eigenvalue weighted by Gasteiger charge is 2.16. The van der Waals surface area contributed by atoms with Crippen LogP contribution in [-0.2, 0) is 14.3 Å². The summed E-state index contributed by atoms with van der Waals surface area (Å²) in [5.41, 5.74) is 6.20. The largest absolute Gasteiger partial charge is 0.480 e. The summed E-state index contributed by atoms with van der Waals surface area (Å²) >= 11 is 0. The number of hydrogen-bond acceptors (Lipinski definition) is 5. The predicted octanol–water partition coefficient (Wildman–Crippen LogP) is 0.118. The number of aliphatic carboxylic acids is 1. The van der Waals surface area contributed by atoms with Crippen molar-refractivity contribution in [1.82, 2.24) is 10.6 Å². The van der Waals surface area contributed by atoms with Crippen molar-refractivity contribution in [3.8, 4) is 0 Å². The van der Waals surface area contributed by atoms with Crippen molar-refractivity contribution < 1.29 is 24.2 Å². The minimum Gasteiger partial charge on any atom is -0.480 e. The Labute approximate surface area is 157 Å². The van der Waals surface area contributed by atoms with Crippen LogP contribution in [0.4, 0.5) is 0 Å². The molecule has 0 saturated heterocycles. The van der Waals surface area contributed by atoms with Gasteiger partial charge in [-0.05, 0) is 25.5 Å². The van der Waals surface area contributed by atoms with Crippen LogP contribution >= 0.6 is 12.4 Å². The summed E-state index contributed by atoms with van der Waals surface area (Å²) in [4.78, 5) is 34.2. The summed E-state index contributed by atoms with van der Waals surface area (Å²) in [6, 6.07) is 5.42. The molecule has 0 aliphatic heterocycles. The van der Waals surface area contributed by atoms with Crippen molar-refractivity contribution in [2.75, 3.05) is 19.8 Å². The number of nitrogen functional groups attached to an aromatic ring is 1. The van der Waals surface area contributed by atoms with Crippen LogP contribution in [0, 0.1) is 5.41 Å². The second kappa shape index (κ2) is 11.8. The molecule has 0 aliphatic rings. The molecule has 26 heavy (non-hydrogen) atoms. The average Bonchev–Trinajstić information content (AvgIpc) is 2.57. The molecule has 10 heteroatoms. The average molecular weight is 387 g/mol. The van der Waals surface area contributed by atoms with Crippen molar-refractivity contribution in [2.45, 2.75) is 19.4 Å². The van der Waals surface area contributed by atoms with Gasteiger partial charge in [-0.25, -0.2) is 4.79 Å². The molecular formula is C16H23ClN4O5. The zero-order chi connectivity index (χ0) is 18.8. The Morgan fingerprint density at radius 1 is 1.23 bits per heavy atom. The molecule has 1 rings (SSSR count). The van der Waals surface area contributed by atoms with Gasteiger partial charge in [0.15, 0.2) is 0 Å². The van der Waals surface area contributed by atoms with Gasteiger partial charge in [0.05, 0.1) is 0 Å². The minimum atomic E-state index is -1.04. The van der Waals surface area contributed by atoms with E-state index in [9.17, 15) is 14.4 Å². The number of amides is 2. The maximum Gasteiger partial charge on any atom is 0.329 e. The summed E-state index contributed by atoms with van der Waals surface area (Å²) in [6.45, 7) is 1.71. The molecule has 1 aromatic rings. The van der Waals surface area contributed by atoms with E-state index in [1.807, 2.05) is 0 Å². The first kappa shape index (κ1) is 23.4. The number of ether oxygens (including phenoxy) is 1. The lowest BCUT2D eigenvalue weighted by molar-refractivity contribution is -0.142. The molecule has 1 atom stereocenters. The van der Waals surface area contributed by atoms with Crippen molar-refractivity contribution in [1.29, 1.82) is 5.41 Å². The number of carboxylic acid groups (broad SMARTS) is 1. The Morgan fingerprint density at radius 3 is 2.35 bits per heavy atom. The minimum absolute atomic E-state index is 0. The van der Waals surface area contributed by atoms with E-state index in [-0.39, 0.29) is 37.4 Å². The molecule has 0 fully saturated rings. The van der Waals surface area contributed by atoms with Crippen molar-refractivity contribution in [3.63, 3.8) is 0 Å². The quantitative estimate of drug-likeness (QED) is 0.218. The number of nitrogens with two attached hydrogens (primary N) is 1. The Bertz CT molecular complexity index is 636. The molecule has 1 aromatic carbocycles. The second-order valence-corrected chi connectivity index (χ2v) is 5.28. The first-order valence-electron chi connectivity index (χ1n) is 7.64. The van der Waals surface area contributed by atoms with E-state index in [0.717, 1.165) is 0 Å². The van der Waals surface area contributed by atoms with Crippen molar-refractivity contribution in [2.24, 2.45) is 5.73 Å². The van der Waals surface area contributed by atoms with E-state index in [2.05, 4.69) is 10.6 Å². The molecule has 0 saturated carbocycles. The molecule has 6 N–H and O–H groups in total. The molecule has 144 valence electrons. The Morgan fingerprint density at radius 2 is 1.81 bits per heavy atom. The zero-order valence-corrected chi connectivity index (χ0v) is 15.1. The molecule has 0 heterocycles. The highest BCUT2D eigenvalue weighted by molar-refractivity contribution is 5.99. The van der Waals surface area contributed by atoms with Crippen LogP contribution in [0.2, 0.25) is 0 Å². The molecule has 0 radical (unpaired) electrons. The number of benzene rings is 1. The number of carboxylic acids is 1. The van der Waals surface area contributed by atoms with E-state index in [1.54, 1.807) is 19.1 Å². The van der Waals surface area contributed by atoms with Gasteiger partial charge in [0.2, 0.25) is 5.91 Å². The van der Waals surface area contributed by atoms with Crippen LogP contribution in [0.15, 0.2) is 24.3 Å². The smallest absolute Gasteiger partial charge is 0.329 e.